The molecule has 2 atom stereocenters. The number of allylic oxidation sites excluding steroid dienone is 1. The molecule has 3 rings (SSSR count). The van der Waals surface area contributed by atoms with Gasteiger partial charge >= 0.3 is 11.9 Å². The summed E-state index contributed by atoms with van der Waals surface area (Å²) in [6.45, 7) is 8.04. The molecule has 3 aliphatic carbocycles. The number of hydrogen-bond donors (Lipinski definition) is 1. The van der Waals surface area contributed by atoms with Crippen molar-refractivity contribution in [2.75, 3.05) is 0 Å². The van der Waals surface area contributed by atoms with Crippen molar-refractivity contribution in [2.24, 2.45) is 16.7 Å². The number of esters is 1. The minimum atomic E-state index is -0.918. The molecule has 0 heterocycles. The molecular weight excluding hydrogens is 320 g/mol. The number of carboxylic acid groups (broad SMARTS) is 1. The summed E-state index contributed by atoms with van der Waals surface area (Å²) in [5.41, 5.74) is 2.33. The molecule has 5 heteroatoms. The molecule has 1 N–H and O–H groups in total. The van der Waals surface area contributed by atoms with E-state index in [9.17, 15) is 14.4 Å². The minimum absolute atomic E-state index is 0.0108. The third-order valence-electron chi connectivity index (χ3n) is 6.19. The van der Waals surface area contributed by atoms with Crippen molar-refractivity contribution in [3.63, 3.8) is 0 Å². The highest BCUT2D eigenvalue weighted by atomic mass is 16.5. The SMILES string of the molecule is CC1=C2C(=CC(C)(C)[C@@H]2OC(=O)CCCC(=O)O)C(=O)[C@@H](C)C12CC2. The summed E-state index contributed by atoms with van der Waals surface area (Å²) in [5.74, 6) is -1.16. The molecule has 1 fully saturated rings. The van der Waals surface area contributed by atoms with E-state index in [-0.39, 0.29) is 36.4 Å². The number of carboxylic acids is 1. The second-order valence-corrected chi connectivity index (χ2v) is 8.28. The number of Topliss-reactive ketones (excluding diaryl/α,β-unsaturated/α-hetero) is 1. The Morgan fingerprint density at radius 2 is 1.92 bits per heavy atom. The lowest BCUT2D eigenvalue weighted by molar-refractivity contribution is -0.151. The largest absolute Gasteiger partial charge is 0.481 e. The van der Waals surface area contributed by atoms with Gasteiger partial charge in [-0.3, -0.25) is 14.4 Å². The van der Waals surface area contributed by atoms with E-state index >= 15 is 0 Å². The van der Waals surface area contributed by atoms with Crippen LogP contribution >= 0.6 is 0 Å². The van der Waals surface area contributed by atoms with Crippen LogP contribution < -0.4 is 0 Å². The first-order valence-corrected chi connectivity index (χ1v) is 9.00. The molecule has 0 radical (unpaired) electrons. The molecule has 136 valence electrons. The van der Waals surface area contributed by atoms with Gasteiger partial charge in [-0.05, 0) is 26.2 Å². The summed E-state index contributed by atoms with van der Waals surface area (Å²) in [6, 6.07) is 0. The van der Waals surface area contributed by atoms with Gasteiger partial charge in [-0.1, -0.05) is 32.4 Å². The molecule has 0 aliphatic heterocycles. The molecule has 0 unspecified atom stereocenters. The molecule has 5 nitrogen and oxygen atoms in total. The van der Waals surface area contributed by atoms with Gasteiger partial charge in [0.15, 0.2) is 5.78 Å². The van der Waals surface area contributed by atoms with Crippen molar-refractivity contribution in [1.29, 1.82) is 0 Å². The van der Waals surface area contributed by atoms with Crippen molar-refractivity contribution < 1.29 is 24.2 Å². The number of fused-ring (bicyclic) bond motifs is 1. The van der Waals surface area contributed by atoms with Crippen molar-refractivity contribution in [3.05, 3.63) is 22.8 Å². The van der Waals surface area contributed by atoms with Gasteiger partial charge in [0.05, 0.1) is 0 Å². The standard InChI is InChI=1S/C20H26O5/c1-11-16-13(17(24)12(2)20(11)8-9-20)10-19(3,4)18(16)25-15(23)7-5-6-14(21)22/h10,12,18H,5-9H2,1-4H3,(H,21,22)/t12-,18-/m1/s1. The molecule has 0 aromatic heterocycles. The first kappa shape index (κ1) is 17.9. The topological polar surface area (TPSA) is 80.7 Å². The van der Waals surface area contributed by atoms with Gasteiger partial charge < -0.3 is 9.84 Å². The Morgan fingerprint density at radius 3 is 2.48 bits per heavy atom. The average molecular weight is 346 g/mol. The first-order chi connectivity index (χ1) is 11.6. The Morgan fingerprint density at radius 1 is 1.28 bits per heavy atom. The zero-order valence-electron chi connectivity index (χ0n) is 15.3. The summed E-state index contributed by atoms with van der Waals surface area (Å²) < 4.78 is 5.76. The molecule has 0 saturated heterocycles. The Labute approximate surface area is 148 Å². The minimum Gasteiger partial charge on any atom is -0.481 e. The predicted molar refractivity (Wildman–Crippen MR) is 91.8 cm³/mol. The number of carbonyl (C=O) groups is 3. The molecule has 25 heavy (non-hydrogen) atoms. The van der Waals surface area contributed by atoms with Gasteiger partial charge in [0, 0.05) is 40.7 Å². The lowest BCUT2D eigenvalue weighted by Crippen LogP contribution is -2.36. The van der Waals surface area contributed by atoms with E-state index in [0.717, 1.165) is 24.0 Å². The number of aliphatic carboxylic acids is 1. The van der Waals surface area contributed by atoms with Crippen LogP contribution in [0.15, 0.2) is 22.8 Å². The maximum atomic E-state index is 12.9. The fraction of sp³-hybridized carbons (Fsp3) is 0.650. The van der Waals surface area contributed by atoms with Crippen molar-refractivity contribution in [1.82, 2.24) is 0 Å². The van der Waals surface area contributed by atoms with Crippen LogP contribution in [0.2, 0.25) is 0 Å². The van der Waals surface area contributed by atoms with E-state index in [1.807, 2.05) is 26.8 Å². The van der Waals surface area contributed by atoms with Crippen molar-refractivity contribution >= 4 is 17.7 Å². The average Bonchev–Trinajstić information content (AvgIpc) is 3.26. The van der Waals surface area contributed by atoms with Crippen LogP contribution in [0.4, 0.5) is 0 Å². The molecular formula is C20H26O5. The van der Waals surface area contributed by atoms with Gasteiger partial charge in [-0.25, -0.2) is 0 Å². The number of rotatable bonds is 5. The Balaban J connectivity index is 1.85. The van der Waals surface area contributed by atoms with E-state index in [2.05, 4.69) is 6.92 Å². The molecule has 1 saturated carbocycles. The lowest BCUT2D eigenvalue weighted by atomic mass is 9.70. The third-order valence-corrected chi connectivity index (χ3v) is 6.19. The third kappa shape index (κ3) is 2.83. The van der Waals surface area contributed by atoms with Crippen LogP contribution in [0.3, 0.4) is 0 Å². The normalized spacial score (nSPS) is 28.6. The van der Waals surface area contributed by atoms with Crippen LogP contribution in [0.25, 0.3) is 0 Å². The summed E-state index contributed by atoms with van der Waals surface area (Å²) in [4.78, 5) is 35.7. The Bertz CT molecular complexity index is 706. The van der Waals surface area contributed by atoms with Gasteiger partial charge in [0.1, 0.15) is 6.10 Å². The van der Waals surface area contributed by atoms with Crippen LogP contribution in [0, 0.1) is 16.7 Å². The predicted octanol–water partition coefficient (Wildman–Crippen LogP) is 3.43. The number of ether oxygens (including phenoxy) is 1. The van der Waals surface area contributed by atoms with E-state index in [0.29, 0.717) is 0 Å². The van der Waals surface area contributed by atoms with Crippen molar-refractivity contribution in [3.8, 4) is 0 Å². The zero-order valence-corrected chi connectivity index (χ0v) is 15.3. The highest BCUT2D eigenvalue weighted by Gasteiger charge is 2.59. The van der Waals surface area contributed by atoms with E-state index in [4.69, 9.17) is 9.84 Å². The van der Waals surface area contributed by atoms with Crippen LogP contribution in [0.1, 0.15) is 59.8 Å². The second-order valence-electron chi connectivity index (χ2n) is 8.28. The Kier molecular flexibility index (Phi) is 4.17. The van der Waals surface area contributed by atoms with Gasteiger partial charge in [-0.15, -0.1) is 0 Å². The number of carbonyl (C=O) groups excluding carboxylic acids is 2. The van der Waals surface area contributed by atoms with E-state index in [1.54, 1.807) is 0 Å². The highest BCUT2D eigenvalue weighted by molar-refractivity contribution is 6.05. The van der Waals surface area contributed by atoms with Crippen molar-refractivity contribution in [2.45, 2.75) is 65.9 Å². The molecule has 3 aliphatic rings. The Hall–Kier alpha value is -1.91. The fourth-order valence-corrected chi connectivity index (χ4v) is 4.45. The molecule has 0 aromatic carbocycles. The maximum Gasteiger partial charge on any atom is 0.306 e. The van der Waals surface area contributed by atoms with Crippen LogP contribution in [-0.4, -0.2) is 28.9 Å². The van der Waals surface area contributed by atoms with Crippen LogP contribution in [-0.2, 0) is 19.1 Å². The van der Waals surface area contributed by atoms with E-state index in [1.165, 1.54) is 5.57 Å². The van der Waals surface area contributed by atoms with Gasteiger partial charge in [0.25, 0.3) is 0 Å². The molecule has 0 aromatic rings. The summed E-state index contributed by atoms with van der Waals surface area (Å²) in [5, 5.41) is 8.70. The molecule has 0 amide bonds. The zero-order chi connectivity index (χ0) is 18.6. The monoisotopic (exact) mass is 346 g/mol. The fourth-order valence-electron chi connectivity index (χ4n) is 4.45. The second kappa shape index (κ2) is 5.82. The number of hydrogen-bond acceptors (Lipinski definition) is 4. The quantitative estimate of drug-likeness (QED) is 0.771. The van der Waals surface area contributed by atoms with E-state index < -0.39 is 23.5 Å². The summed E-state index contributed by atoms with van der Waals surface area (Å²) >= 11 is 0. The first-order valence-electron chi connectivity index (χ1n) is 9.00. The lowest BCUT2D eigenvalue weighted by Gasteiger charge is -2.35. The smallest absolute Gasteiger partial charge is 0.306 e. The van der Waals surface area contributed by atoms with Crippen LogP contribution in [0.5, 0.6) is 0 Å². The molecule has 1 spiro atoms. The number of ketones is 1. The summed E-state index contributed by atoms with van der Waals surface area (Å²) in [7, 11) is 0. The molecule has 0 bridgehead atoms. The summed E-state index contributed by atoms with van der Waals surface area (Å²) in [6.07, 6.45) is 3.82. The van der Waals surface area contributed by atoms with Gasteiger partial charge in [-0.2, -0.15) is 0 Å². The maximum absolute atomic E-state index is 12.9. The highest BCUT2D eigenvalue weighted by Crippen LogP contribution is 2.64. The van der Waals surface area contributed by atoms with Gasteiger partial charge in [0.2, 0.25) is 0 Å².